The molecule has 0 fully saturated rings. The molecule has 1 aliphatic carbocycles. The molecule has 6 nitrogen and oxygen atoms in total. The van der Waals surface area contributed by atoms with E-state index in [4.69, 9.17) is 14.4 Å². The van der Waals surface area contributed by atoms with Crippen LogP contribution >= 0.6 is 0 Å². The van der Waals surface area contributed by atoms with Crippen molar-refractivity contribution in [3.05, 3.63) is 102 Å². The van der Waals surface area contributed by atoms with Crippen molar-refractivity contribution >= 4 is 72.1 Å². The van der Waals surface area contributed by atoms with Gasteiger partial charge in [-0.2, -0.15) is 0 Å². The second-order valence-electron chi connectivity index (χ2n) is 11.9. The summed E-state index contributed by atoms with van der Waals surface area (Å²) in [6.07, 6.45) is 0. The number of aromatic nitrogens is 5. The minimum absolute atomic E-state index is 0.141. The first-order chi connectivity index (χ1) is 20.1. The number of nitrogens with zero attached hydrogens (tertiary/aromatic N) is 5. The van der Waals surface area contributed by atoms with Crippen molar-refractivity contribution in [2.75, 3.05) is 0 Å². The van der Waals surface area contributed by atoms with Crippen LogP contribution in [0.15, 0.2) is 95.4 Å². The quantitative estimate of drug-likeness (QED) is 0.199. The Balaban J connectivity index is 1.34. The van der Waals surface area contributed by atoms with E-state index in [0.717, 1.165) is 66.6 Å². The Hall–Kier alpha value is -5.36. The molecule has 1 aliphatic rings. The molecule has 0 saturated carbocycles. The summed E-state index contributed by atoms with van der Waals surface area (Å²) >= 11 is 0. The lowest BCUT2D eigenvalue weighted by Crippen LogP contribution is -2.16. The molecule has 5 heterocycles. The fraction of sp³-hybridized carbons (Fsp3) is 0.0857. The highest BCUT2D eigenvalue weighted by atomic mass is 16.3. The lowest BCUT2D eigenvalue weighted by molar-refractivity contribution is 0.664. The third-order valence-electron chi connectivity index (χ3n) is 9.57. The molecule has 0 atom stereocenters. The molecule has 0 amide bonds. The highest BCUT2D eigenvalue weighted by Crippen LogP contribution is 2.51. The molecule has 10 aromatic rings. The van der Waals surface area contributed by atoms with Gasteiger partial charge in [0.15, 0.2) is 5.58 Å². The molecule has 11 rings (SSSR count). The van der Waals surface area contributed by atoms with Crippen molar-refractivity contribution in [1.82, 2.24) is 23.2 Å². The first-order valence-corrected chi connectivity index (χ1v) is 14.0. The zero-order chi connectivity index (χ0) is 26.8. The van der Waals surface area contributed by atoms with E-state index in [9.17, 15) is 0 Å². The SMILES string of the molecule is CC1(C)c2ccccc2-c2ccc3nc4n(c5cccc6c5n4c4nc5c7oc8ccccc8c7ccc5n64)c3c21. The number of rotatable bonds is 0. The van der Waals surface area contributed by atoms with Crippen molar-refractivity contribution in [3.8, 4) is 11.1 Å². The Kier molecular flexibility index (Phi) is 3.17. The third kappa shape index (κ3) is 2.10. The van der Waals surface area contributed by atoms with Gasteiger partial charge in [-0.05, 0) is 58.7 Å². The molecule has 0 N–H and O–H groups in total. The van der Waals surface area contributed by atoms with Crippen LogP contribution in [0.3, 0.4) is 0 Å². The molecule has 192 valence electrons. The smallest absolute Gasteiger partial charge is 0.223 e. The van der Waals surface area contributed by atoms with Gasteiger partial charge in [0.1, 0.15) is 16.6 Å². The van der Waals surface area contributed by atoms with Gasteiger partial charge in [-0.3, -0.25) is 8.80 Å². The molecular weight excluding hydrogens is 506 g/mol. The summed E-state index contributed by atoms with van der Waals surface area (Å²) in [7, 11) is 0. The minimum atomic E-state index is -0.141. The molecule has 0 saturated heterocycles. The van der Waals surface area contributed by atoms with E-state index in [0.29, 0.717) is 0 Å². The van der Waals surface area contributed by atoms with Crippen molar-refractivity contribution in [1.29, 1.82) is 0 Å². The zero-order valence-corrected chi connectivity index (χ0v) is 22.3. The zero-order valence-electron chi connectivity index (χ0n) is 22.3. The van der Waals surface area contributed by atoms with Crippen LogP contribution in [0.4, 0.5) is 0 Å². The molecule has 0 bridgehead atoms. The summed E-state index contributed by atoms with van der Waals surface area (Å²) in [4.78, 5) is 10.5. The largest absolute Gasteiger partial charge is 0.454 e. The lowest BCUT2D eigenvalue weighted by atomic mass is 9.82. The maximum Gasteiger partial charge on any atom is 0.223 e. The van der Waals surface area contributed by atoms with Gasteiger partial charge in [0, 0.05) is 16.2 Å². The second kappa shape index (κ2) is 6.34. The fourth-order valence-corrected chi connectivity index (χ4v) is 7.88. The molecule has 41 heavy (non-hydrogen) atoms. The van der Waals surface area contributed by atoms with Crippen LogP contribution in [0.5, 0.6) is 0 Å². The summed E-state index contributed by atoms with van der Waals surface area (Å²) in [6, 6.07) is 32.3. The van der Waals surface area contributed by atoms with Crippen LogP contribution in [0.2, 0.25) is 0 Å². The molecule has 5 aromatic heterocycles. The molecule has 0 radical (unpaired) electrons. The Morgan fingerprint density at radius 2 is 1.41 bits per heavy atom. The normalized spacial score (nSPS) is 14.8. The maximum atomic E-state index is 6.38. The molecule has 0 aliphatic heterocycles. The summed E-state index contributed by atoms with van der Waals surface area (Å²) in [5.41, 5.74) is 14.4. The van der Waals surface area contributed by atoms with E-state index in [-0.39, 0.29) is 5.41 Å². The van der Waals surface area contributed by atoms with E-state index >= 15 is 0 Å². The third-order valence-corrected chi connectivity index (χ3v) is 9.57. The number of furan rings is 1. The summed E-state index contributed by atoms with van der Waals surface area (Å²) in [6.45, 7) is 4.68. The molecule has 0 spiro atoms. The van der Waals surface area contributed by atoms with Crippen LogP contribution < -0.4 is 0 Å². The average molecular weight is 528 g/mol. The summed E-state index contributed by atoms with van der Waals surface area (Å²) in [5.74, 6) is 1.74. The topological polar surface area (TPSA) is 52.2 Å². The first-order valence-electron chi connectivity index (χ1n) is 14.0. The number of hydrogen-bond donors (Lipinski definition) is 0. The van der Waals surface area contributed by atoms with Crippen molar-refractivity contribution in [2.24, 2.45) is 0 Å². The number of hydrogen-bond acceptors (Lipinski definition) is 3. The highest BCUT2D eigenvalue weighted by molar-refractivity contribution is 6.15. The van der Waals surface area contributed by atoms with Crippen LogP contribution in [-0.2, 0) is 5.41 Å². The predicted octanol–water partition coefficient (Wildman–Crippen LogP) is 8.34. The van der Waals surface area contributed by atoms with Crippen LogP contribution in [0, 0.1) is 0 Å². The Labute approximate surface area is 232 Å². The van der Waals surface area contributed by atoms with E-state index in [1.165, 1.54) is 27.8 Å². The predicted molar refractivity (Wildman–Crippen MR) is 163 cm³/mol. The van der Waals surface area contributed by atoms with Crippen LogP contribution in [0.25, 0.3) is 83.2 Å². The van der Waals surface area contributed by atoms with Crippen molar-refractivity contribution in [3.63, 3.8) is 0 Å². The van der Waals surface area contributed by atoms with Crippen LogP contribution in [-0.4, -0.2) is 23.2 Å². The highest BCUT2D eigenvalue weighted by Gasteiger charge is 2.38. The number of imidazole rings is 4. The molecule has 6 heteroatoms. The van der Waals surface area contributed by atoms with Gasteiger partial charge in [0.2, 0.25) is 11.6 Å². The number of fused-ring (bicyclic) bond motifs is 18. The van der Waals surface area contributed by atoms with Gasteiger partial charge in [0.05, 0.1) is 27.6 Å². The average Bonchev–Trinajstić information content (AvgIpc) is 3.80. The van der Waals surface area contributed by atoms with Gasteiger partial charge in [-0.15, -0.1) is 0 Å². The second-order valence-corrected chi connectivity index (χ2v) is 11.9. The van der Waals surface area contributed by atoms with Crippen LogP contribution in [0.1, 0.15) is 25.0 Å². The van der Waals surface area contributed by atoms with Crippen molar-refractivity contribution < 1.29 is 4.42 Å². The van der Waals surface area contributed by atoms with E-state index in [1.807, 2.05) is 12.1 Å². The molecular formula is C35H21N5O. The van der Waals surface area contributed by atoms with Gasteiger partial charge in [0.25, 0.3) is 0 Å². The Bertz CT molecular complexity index is 2780. The van der Waals surface area contributed by atoms with Gasteiger partial charge in [-0.25, -0.2) is 14.4 Å². The minimum Gasteiger partial charge on any atom is -0.454 e. The van der Waals surface area contributed by atoms with E-state index < -0.39 is 0 Å². The standard InChI is InChI=1S/C35H21N5O/c1-35(2)22-10-5-3-8-18(22)20-14-16-23-30(28(20)35)39-26-12-7-11-25-31(26)40(33(39)36-23)34-37-29-24(38(25)34)17-15-21-19-9-4-6-13-27(19)41-32(21)29/h3-17H,1-2H3. The number of benzene rings is 5. The first kappa shape index (κ1) is 20.5. The van der Waals surface area contributed by atoms with Gasteiger partial charge >= 0.3 is 0 Å². The lowest BCUT2D eigenvalue weighted by Gasteiger charge is -2.22. The van der Waals surface area contributed by atoms with E-state index in [2.05, 4.69) is 106 Å². The summed E-state index contributed by atoms with van der Waals surface area (Å²) < 4.78 is 13.2. The number of para-hydroxylation sites is 2. The monoisotopic (exact) mass is 527 g/mol. The van der Waals surface area contributed by atoms with E-state index in [1.54, 1.807) is 0 Å². The maximum absolute atomic E-state index is 6.38. The molecule has 5 aromatic carbocycles. The Morgan fingerprint density at radius 1 is 0.610 bits per heavy atom. The van der Waals surface area contributed by atoms with Crippen molar-refractivity contribution in [2.45, 2.75) is 19.3 Å². The van der Waals surface area contributed by atoms with Gasteiger partial charge < -0.3 is 4.42 Å². The Morgan fingerprint density at radius 3 is 2.34 bits per heavy atom. The molecule has 0 unspecified atom stereocenters. The summed E-state index contributed by atoms with van der Waals surface area (Å²) in [5, 5.41) is 2.20. The van der Waals surface area contributed by atoms with Gasteiger partial charge in [-0.1, -0.05) is 68.4 Å². The fourth-order valence-electron chi connectivity index (χ4n) is 7.88.